The van der Waals surface area contributed by atoms with Crippen molar-refractivity contribution in [2.45, 2.75) is 6.42 Å². The van der Waals surface area contributed by atoms with Crippen LogP contribution in [0.4, 0.5) is 0 Å². The highest BCUT2D eigenvalue weighted by atomic mass is 32.1. The van der Waals surface area contributed by atoms with Crippen molar-refractivity contribution in [3.63, 3.8) is 0 Å². The zero-order valence-electron chi connectivity index (χ0n) is 8.80. The molecule has 2 aromatic rings. The van der Waals surface area contributed by atoms with Crippen molar-refractivity contribution in [2.24, 2.45) is 0 Å². The third kappa shape index (κ3) is 2.68. The minimum Gasteiger partial charge on any atom is -0.241 e. The Labute approximate surface area is 101 Å². The molecule has 0 radical (unpaired) electrons. The van der Waals surface area contributed by atoms with Gasteiger partial charge in [0.25, 0.3) is 0 Å². The number of nitrogens with zero attached hydrogens (tertiary/aromatic N) is 2. The fourth-order valence-electron chi connectivity index (χ4n) is 1.34. The number of benzene rings is 1. The van der Waals surface area contributed by atoms with Crippen molar-refractivity contribution in [2.75, 3.05) is 5.75 Å². The summed E-state index contributed by atoms with van der Waals surface area (Å²) in [5, 5.41) is 4.16. The van der Waals surface area contributed by atoms with Crippen LogP contribution >= 0.6 is 12.6 Å². The maximum absolute atomic E-state index is 4.16. The summed E-state index contributed by atoms with van der Waals surface area (Å²) < 4.78 is 1.82. The Bertz CT molecular complexity index is 489. The van der Waals surface area contributed by atoms with Gasteiger partial charge in [0.1, 0.15) is 0 Å². The van der Waals surface area contributed by atoms with Crippen LogP contribution in [0.2, 0.25) is 0 Å². The van der Waals surface area contributed by atoms with Crippen LogP contribution in [0.15, 0.2) is 42.7 Å². The van der Waals surface area contributed by atoms with Gasteiger partial charge < -0.3 is 0 Å². The van der Waals surface area contributed by atoms with Gasteiger partial charge in [0.2, 0.25) is 0 Å². The standard InChI is InChI=1S/C13H12N2S/c16-11-2-1-4-12-5-7-13(8-6-12)15-10-3-9-14-15/h3,5-10,16H,2,11H2. The van der Waals surface area contributed by atoms with E-state index in [1.807, 2.05) is 41.2 Å². The van der Waals surface area contributed by atoms with Crippen LogP contribution in [0.25, 0.3) is 5.69 Å². The molecule has 0 saturated heterocycles. The van der Waals surface area contributed by atoms with Crippen LogP contribution in [-0.4, -0.2) is 15.5 Å². The lowest BCUT2D eigenvalue weighted by Gasteiger charge is -2.00. The molecule has 3 heteroatoms. The second-order valence-corrected chi connectivity index (χ2v) is 3.72. The first kappa shape index (κ1) is 10.8. The average Bonchev–Trinajstić information content (AvgIpc) is 2.84. The van der Waals surface area contributed by atoms with Gasteiger partial charge in [0.15, 0.2) is 0 Å². The van der Waals surface area contributed by atoms with Crippen LogP contribution in [0.5, 0.6) is 0 Å². The molecule has 1 aromatic carbocycles. The van der Waals surface area contributed by atoms with E-state index in [0.717, 1.165) is 23.4 Å². The van der Waals surface area contributed by atoms with Crippen molar-refractivity contribution in [3.05, 3.63) is 48.3 Å². The van der Waals surface area contributed by atoms with Gasteiger partial charge in [-0.1, -0.05) is 11.8 Å². The second-order valence-electron chi connectivity index (χ2n) is 3.27. The zero-order chi connectivity index (χ0) is 11.2. The van der Waals surface area contributed by atoms with E-state index in [-0.39, 0.29) is 0 Å². The lowest BCUT2D eigenvalue weighted by Crippen LogP contribution is -1.93. The highest BCUT2D eigenvalue weighted by Gasteiger charge is 1.94. The fourth-order valence-corrected chi connectivity index (χ4v) is 1.45. The van der Waals surface area contributed by atoms with Crippen molar-refractivity contribution >= 4 is 12.6 Å². The molecular weight excluding hydrogens is 216 g/mol. The fraction of sp³-hybridized carbons (Fsp3) is 0.154. The molecule has 0 aliphatic heterocycles. The molecule has 2 nitrogen and oxygen atoms in total. The molecule has 0 atom stereocenters. The van der Waals surface area contributed by atoms with Crippen LogP contribution in [0.3, 0.4) is 0 Å². The summed E-state index contributed by atoms with van der Waals surface area (Å²) >= 11 is 4.11. The van der Waals surface area contributed by atoms with Gasteiger partial charge in [-0.25, -0.2) is 4.68 Å². The molecule has 0 aliphatic rings. The van der Waals surface area contributed by atoms with Crippen molar-refractivity contribution < 1.29 is 0 Å². The van der Waals surface area contributed by atoms with E-state index in [1.165, 1.54) is 0 Å². The molecule has 0 spiro atoms. The summed E-state index contributed by atoms with van der Waals surface area (Å²) in [6.07, 6.45) is 4.51. The summed E-state index contributed by atoms with van der Waals surface area (Å²) in [5.41, 5.74) is 2.07. The van der Waals surface area contributed by atoms with Gasteiger partial charge in [-0.15, -0.1) is 0 Å². The molecule has 0 aliphatic carbocycles. The highest BCUT2D eigenvalue weighted by molar-refractivity contribution is 7.80. The van der Waals surface area contributed by atoms with E-state index < -0.39 is 0 Å². The van der Waals surface area contributed by atoms with Crippen molar-refractivity contribution in [1.29, 1.82) is 0 Å². The lowest BCUT2D eigenvalue weighted by molar-refractivity contribution is 0.880. The molecule has 0 bridgehead atoms. The Morgan fingerprint density at radius 3 is 2.69 bits per heavy atom. The third-order valence-electron chi connectivity index (χ3n) is 2.11. The molecule has 0 N–H and O–H groups in total. The molecule has 80 valence electrons. The SMILES string of the molecule is SCCC#Cc1ccc(-n2cccn2)cc1. The summed E-state index contributed by atoms with van der Waals surface area (Å²) in [4.78, 5) is 0. The Hall–Kier alpha value is -1.66. The Morgan fingerprint density at radius 1 is 1.25 bits per heavy atom. The topological polar surface area (TPSA) is 17.8 Å². The molecule has 2 rings (SSSR count). The summed E-state index contributed by atoms with van der Waals surface area (Å²) in [6, 6.07) is 9.93. The molecule has 16 heavy (non-hydrogen) atoms. The molecule has 0 saturated carbocycles. The van der Waals surface area contributed by atoms with Gasteiger partial charge in [0.05, 0.1) is 5.69 Å². The predicted molar refractivity (Wildman–Crippen MR) is 68.9 cm³/mol. The maximum Gasteiger partial charge on any atom is 0.0646 e. The molecule has 0 unspecified atom stereocenters. The molecule has 1 aromatic heterocycles. The van der Waals surface area contributed by atoms with E-state index >= 15 is 0 Å². The molecular formula is C13H12N2S. The number of aromatic nitrogens is 2. The third-order valence-corrected chi connectivity index (χ3v) is 2.33. The summed E-state index contributed by atoms with van der Waals surface area (Å²) in [5.74, 6) is 6.95. The van der Waals surface area contributed by atoms with Gasteiger partial charge in [-0.3, -0.25) is 0 Å². The second kappa shape index (κ2) is 5.43. The first-order valence-electron chi connectivity index (χ1n) is 5.10. The predicted octanol–water partition coefficient (Wildman–Crippen LogP) is 2.54. The van der Waals surface area contributed by atoms with Gasteiger partial charge in [-0.05, 0) is 30.3 Å². The van der Waals surface area contributed by atoms with Crippen LogP contribution in [-0.2, 0) is 0 Å². The minimum absolute atomic E-state index is 0.804. The number of rotatable bonds is 2. The Balaban J connectivity index is 2.15. The summed E-state index contributed by atoms with van der Waals surface area (Å²) in [6.45, 7) is 0. The Morgan fingerprint density at radius 2 is 2.06 bits per heavy atom. The number of thiol groups is 1. The lowest BCUT2D eigenvalue weighted by atomic mass is 10.2. The van der Waals surface area contributed by atoms with Crippen molar-refractivity contribution in [3.8, 4) is 17.5 Å². The van der Waals surface area contributed by atoms with Gasteiger partial charge >= 0.3 is 0 Å². The number of hydrogen-bond donors (Lipinski definition) is 1. The maximum atomic E-state index is 4.16. The average molecular weight is 228 g/mol. The van der Waals surface area contributed by atoms with Crippen LogP contribution < -0.4 is 0 Å². The molecule has 0 amide bonds. The molecule has 1 heterocycles. The smallest absolute Gasteiger partial charge is 0.0646 e. The molecule has 0 fully saturated rings. The minimum atomic E-state index is 0.804. The van der Waals surface area contributed by atoms with Gasteiger partial charge in [0, 0.05) is 30.1 Å². The highest BCUT2D eigenvalue weighted by Crippen LogP contribution is 2.07. The van der Waals surface area contributed by atoms with Gasteiger partial charge in [-0.2, -0.15) is 17.7 Å². The number of hydrogen-bond acceptors (Lipinski definition) is 2. The zero-order valence-corrected chi connectivity index (χ0v) is 9.69. The normalized spacial score (nSPS) is 9.56. The largest absolute Gasteiger partial charge is 0.241 e. The van der Waals surface area contributed by atoms with Crippen LogP contribution in [0, 0.1) is 11.8 Å². The summed E-state index contributed by atoms with van der Waals surface area (Å²) in [7, 11) is 0. The van der Waals surface area contributed by atoms with E-state index in [9.17, 15) is 0 Å². The van der Waals surface area contributed by atoms with E-state index in [4.69, 9.17) is 0 Å². The Kier molecular flexibility index (Phi) is 3.68. The first-order valence-corrected chi connectivity index (χ1v) is 5.73. The first-order chi connectivity index (χ1) is 7.90. The van der Waals surface area contributed by atoms with E-state index in [0.29, 0.717) is 0 Å². The van der Waals surface area contributed by atoms with E-state index in [2.05, 4.69) is 29.6 Å². The van der Waals surface area contributed by atoms with Crippen LogP contribution in [0.1, 0.15) is 12.0 Å². The quantitative estimate of drug-likeness (QED) is 0.618. The monoisotopic (exact) mass is 228 g/mol. The van der Waals surface area contributed by atoms with Crippen molar-refractivity contribution in [1.82, 2.24) is 9.78 Å². The van der Waals surface area contributed by atoms with E-state index in [1.54, 1.807) is 6.20 Å².